The first-order chi connectivity index (χ1) is 13.5. The predicted octanol–water partition coefficient (Wildman–Crippen LogP) is 6.63. The van der Waals surface area contributed by atoms with Gasteiger partial charge < -0.3 is 10.2 Å². The average molecular weight is 387 g/mol. The zero-order valence-corrected chi connectivity index (χ0v) is 17.6. The van der Waals surface area contributed by atoms with E-state index in [-0.39, 0.29) is 12.5 Å². The number of aliphatic hydroxyl groups is 1. The fourth-order valence-corrected chi connectivity index (χ4v) is 4.62. The second kappa shape index (κ2) is 12.1. The summed E-state index contributed by atoms with van der Waals surface area (Å²) in [6, 6.07) is 8.70. The van der Waals surface area contributed by atoms with Gasteiger partial charge in [0.15, 0.2) is 0 Å². The number of carbonyl (C=O) groups is 1. The fourth-order valence-electron chi connectivity index (χ4n) is 4.62. The van der Waals surface area contributed by atoms with E-state index in [1.807, 2.05) is 0 Å². The van der Waals surface area contributed by atoms with Crippen LogP contribution < -0.4 is 0 Å². The van der Waals surface area contributed by atoms with Crippen LogP contribution in [0.2, 0.25) is 0 Å². The average Bonchev–Trinajstić information content (AvgIpc) is 3.05. The Kier molecular flexibility index (Phi) is 9.77. The largest absolute Gasteiger partial charge is 0.481 e. The summed E-state index contributed by atoms with van der Waals surface area (Å²) in [7, 11) is 0. The Balaban J connectivity index is 1.90. The van der Waals surface area contributed by atoms with E-state index in [0.29, 0.717) is 17.8 Å². The molecular weight excluding hydrogens is 348 g/mol. The molecule has 1 aliphatic carbocycles. The van der Waals surface area contributed by atoms with Crippen molar-refractivity contribution in [1.29, 1.82) is 0 Å². The molecule has 2 N–H and O–H groups in total. The molecule has 1 saturated carbocycles. The summed E-state index contributed by atoms with van der Waals surface area (Å²) in [5, 5.41) is 19.1. The van der Waals surface area contributed by atoms with Crippen LogP contribution >= 0.6 is 0 Å². The maximum absolute atomic E-state index is 10.6. The maximum atomic E-state index is 10.6. The standard InChI is InChI=1S/C25H38O3/c1-3-4-7-11-23(26)20-15-17-22(18-16-20)25-19(2)13-14-21(25)10-8-5-6-9-12-24(27)28/h5,8,15-19,21,23,25-26H,3-4,6-7,9-14H2,1-2H3,(H,27,28)/b8-5-/t19-,21+,23?,25+/m1/s1. The first-order valence-electron chi connectivity index (χ1n) is 11.2. The van der Waals surface area contributed by atoms with Crippen molar-refractivity contribution in [3.8, 4) is 0 Å². The summed E-state index contributed by atoms with van der Waals surface area (Å²) >= 11 is 0. The molecule has 0 aromatic heterocycles. The zero-order valence-electron chi connectivity index (χ0n) is 17.6. The third kappa shape index (κ3) is 7.09. The van der Waals surface area contributed by atoms with E-state index in [1.165, 1.54) is 31.2 Å². The van der Waals surface area contributed by atoms with E-state index in [0.717, 1.165) is 37.7 Å². The highest BCUT2D eigenvalue weighted by Gasteiger charge is 2.33. The van der Waals surface area contributed by atoms with Crippen molar-refractivity contribution < 1.29 is 15.0 Å². The van der Waals surface area contributed by atoms with Crippen LogP contribution in [-0.4, -0.2) is 16.2 Å². The first-order valence-corrected chi connectivity index (χ1v) is 11.2. The van der Waals surface area contributed by atoms with Gasteiger partial charge in [0.2, 0.25) is 0 Å². The summed E-state index contributed by atoms with van der Waals surface area (Å²) < 4.78 is 0. The quantitative estimate of drug-likeness (QED) is 0.313. The van der Waals surface area contributed by atoms with Crippen molar-refractivity contribution in [3.63, 3.8) is 0 Å². The minimum absolute atomic E-state index is 0.254. The van der Waals surface area contributed by atoms with Gasteiger partial charge in [0.1, 0.15) is 0 Å². The monoisotopic (exact) mass is 386 g/mol. The number of hydrogen-bond donors (Lipinski definition) is 2. The van der Waals surface area contributed by atoms with E-state index in [1.54, 1.807) is 0 Å². The number of carboxylic acids is 1. The van der Waals surface area contributed by atoms with Crippen molar-refractivity contribution in [1.82, 2.24) is 0 Å². The summed E-state index contributed by atoms with van der Waals surface area (Å²) in [5.74, 6) is 1.21. The second-order valence-corrected chi connectivity index (χ2v) is 8.51. The lowest BCUT2D eigenvalue weighted by atomic mass is 9.82. The number of carboxylic acid groups (broad SMARTS) is 1. The Morgan fingerprint density at radius 1 is 1.14 bits per heavy atom. The van der Waals surface area contributed by atoms with Crippen LogP contribution in [0.5, 0.6) is 0 Å². The van der Waals surface area contributed by atoms with Gasteiger partial charge in [0.25, 0.3) is 0 Å². The fraction of sp³-hybridized carbons (Fsp3) is 0.640. The van der Waals surface area contributed by atoms with Gasteiger partial charge in [-0.3, -0.25) is 4.79 Å². The Morgan fingerprint density at radius 2 is 1.89 bits per heavy atom. The number of hydrogen-bond acceptors (Lipinski definition) is 2. The summed E-state index contributed by atoms with van der Waals surface area (Å²) in [6.45, 7) is 4.54. The van der Waals surface area contributed by atoms with E-state index in [2.05, 4.69) is 50.3 Å². The van der Waals surface area contributed by atoms with Crippen LogP contribution in [0.1, 0.15) is 101 Å². The normalized spacial score (nSPS) is 23.3. The van der Waals surface area contributed by atoms with Crippen LogP contribution in [0, 0.1) is 11.8 Å². The molecule has 0 amide bonds. The van der Waals surface area contributed by atoms with E-state index < -0.39 is 5.97 Å². The van der Waals surface area contributed by atoms with E-state index in [4.69, 9.17) is 5.11 Å². The molecule has 0 aliphatic heterocycles. The highest BCUT2D eigenvalue weighted by atomic mass is 16.4. The van der Waals surface area contributed by atoms with Gasteiger partial charge in [-0.2, -0.15) is 0 Å². The number of aliphatic carboxylic acids is 1. The Labute approximate surface area is 170 Å². The minimum Gasteiger partial charge on any atom is -0.481 e. The van der Waals surface area contributed by atoms with Crippen LogP contribution in [0.3, 0.4) is 0 Å². The first kappa shape index (κ1) is 22.7. The van der Waals surface area contributed by atoms with Crippen LogP contribution in [0.4, 0.5) is 0 Å². The highest BCUT2D eigenvalue weighted by molar-refractivity contribution is 5.66. The van der Waals surface area contributed by atoms with Crippen LogP contribution in [0.15, 0.2) is 36.4 Å². The van der Waals surface area contributed by atoms with E-state index >= 15 is 0 Å². The number of aliphatic hydroxyl groups excluding tert-OH is 1. The smallest absolute Gasteiger partial charge is 0.303 e. The third-order valence-electron chi connectivity index (χ3n) is 6.27. The van der Waals surface area contributed by atoms with Gasteiger partial charge in [-0.25, -0.2) is 0 Å². The SMILES string of the molecule is CCCCCC(O)c1ccc([C@@H]2[C@@H](C/C=C\CCCC(=O)O)CC[C@H]2C)cc1. The Hall–Kier alpha value is -1.61. The van der Waals surface area contributed by atoms with Crippen molar-refractivity contribution in [2.45, 2.75) is 90.1 Å². The number of unbranched alkanes of at least 4 members (excludes halogenated alkanes) is 3. The molecule has 0 bridgehead atoms. The topological polar surface area (TPSA) is 57.5 Å². The van der Waals surface area contributed by atoms with Crippen molar-refractivity contribution >= 4 is 5.97 Å². The Bertz CT molecular complexity index is 605. The molecular formula is C25H38O3. The molecule has 4 atom stereocenters. The van der Waals surface area contributed by atoms with Crippen molar-refractivity contribution in [2.75, 3.05) is 0 Å². The lowest BCUT2D eigenvalue weighted by molar-refractivity contribution is -0.137. The van der Waals surface area contributed by atoms with Crippen LogP contribution in [-0.2, 0) is 4.79 Å². The minimum atomic E-state index is -0.711. The molecule has 1 unspecified atom stereocenters. The van der Waals surface area contributed by atoms with Gasteiger partial charge >= 0.3 is 5.97 Å². The lowest BCUT2D eigenvalue weighted by Gasteiger charge is -2.23. The summed E-state index contributed by atoms with van der Waals surface area (Å²) in [6.07, 6.45) is 13.8. The molecule has 0 radical (unpaired) electrons. The number of allylic oxidation sites excluding steroid dienone is 2. The predicted molar refractivity (Wildman–Crippen MR) is 115 cm³/mol. The molecule has 1 aliphatic rings. The van der Waals surface area contributed by atoms with Crippen molar-refractivity contribution in [3.05, 3.63) is 47.5 Å². The van der Waals surface area contributed by atoms with Crippen LogP contribution in [0.25, 0.3) is 0 Å². The molecule has 2 rings (SSSR count). The molecule has 0 spiro atoms. The molecule has 1 aromatic carbocycles. The number of rotatable bonds is 12. The molecule has 1 fully saturated rings. The maximum Gasteiger partial charge on any atom is 0.303 e. The Morgan fingerprint density at radius 3 is 2.57 bits per heavy atom. The van der Waals surface area contributed by atoms with Gasteiger partial charge in [-0.1, -0.05) is 69.5 Å². The van der Waals surface area contributed by atoms with Gasteiger partial charge in [-0.05, 0) is 67.4 Å². The van der Waals surface area contributed by atoms with Gasteiger partial charge in [0, 0.05) is 6.42 Å². The van der Waals surface area contributed by atoms with Crippen molar-refractivity contribution in [2.24, 2.45) is 11.8 Å². The van der Waals surface area contributed by atoms with E-state index in [9.17, 15) is 9.90 Å². The van der Waals surface area contributed by atoms with Gasteiger partial charge in [-0.15, -0.1) is 0 Å². The highest BCUT2D eigenvalue weighted by Crippen LogP contribution is 2.46. The third-order valence-corrected chi connectivity index (χ3v) is 6.27. The summed E-state index contributed by atoms with van der Waals surface area (Å²) in [4.78, 5) is 10.6. The molecule has 3 heteroatoms. The molecule has 3 nitrogen and oxygen atoms in total. The second-order valence-electron chi connectivity index (χ2n) is 8.51. The molecule has 156 valence electrons. The molecule has 0 heterocycles. The molecule has 28 heavy (non-hydrogen) atoms. The summed E-state index contributed by atoms with van der Waals surface area (Å²) in [5.41, 5.74) is 2.44. The number of benzene rings is 1. The van der Waals surface area contributed by atoms with Gasteiger partial charge in [0.05, 0.1) is 6.10 Å². The zero-order chi connectivity index (χ0) is 20.4. The molecule has 0 saturated heterocycles. The lowest BCUT2D eigenvalue weighted by Crippen LogP contribution is -2.11. The molecule has 1 aromatic rings.